The Labute approximate surface area is 391 Å². The quantitative estimate of drug-likeness (QED) is 0.0262. The lowest BCUT2D eigenvalue weighted by Crippen LogP contribution is -2.30. The molecule has 0 saturated carbocycles. The molecule has 1 atom stereocenters. The third kappa shape index (κ3) is 50.5. The predicted octanol–water partition coefficient (Wildman–Crippen LogP) is 18.1. The van der Waals surface area contributed by atoms with Crippen LogP contribution in [0.25, 0.3) is 0 Å². The third-order valence-electron chi connectivity index (χ3n) is 12.1. The van der Waals surface area contributed by atoms with Crippen molar-refractivity contribution in [1.82, 2.24) is 0 Å². The van der Waals surface area contributed by atoms with E-state index in [2.05, 4.69) is 57.2 Å². The second-order valence-corrected chi connectivity index (χ2v) is 18.5. The molecule has 0 radical (unpaired) electrons. The van der Waals surface area contributed by atoms with Crippen LogP contribution in [-0.4, -0.2) is 37.2 Å². The highest BCUT2D eigenvalue weighted by Crippen LogP contribution is 2.15. The van der Waals surface area contributed by atoms with Crippen molar-refractivity contribution in [2.45, 2.75) is 297 Å². The maximum atomic E-state index is 12.8. The molecule has 63 heavy (non-hydrogen) atoms. The van der Waals surface area contributed by atoms with Crippen molar-refractivity contribution in [2.75, 3.05) is 13.2 Å². The van der Waals surface area contributed by atoms with Gasteiger partial charge in [-0.1, -0.05) is 211 Å². The molecular formula is C57H104O6. The summed E-state index contributed by atoms with van der Waals surface area (Å²) in [6, 6.07) is 0. The molecule has 0 aromatic heterocycles. The average Bonchev–Trinajstić information content (AvgIpc) is 3.28. The summed E-state index contributed by atoms with van der Waals surface area (Å²) in [7, 11) is 0. The molecule has 368 valence electrons. The number of unbranched alkanes of at least 4 members (excludes halogenated alkanes) is 33. The molecule has 0 aliphatic rings. The van der Waals surface area contributed by atoms with Crippen LogP contribution < -0.4 is 0 Å². The van der Waals surface area contributed by atoms with Gasteiger partial charge in [0.25, 0.3) is 0 Å². The van der Waals surface area contributed by atoms with E-state index in [4.69, 9.17) is 14.2 Å². The van der Waals surface area contributed by atoms with Gasteiger partial charge in [-0.15, -0.1) is 0 Å². The number of carbonyl (C=O) groups is 3. The van der Waals surface area contributed by atoms with Crippen molar-refractivity contribution in [3.05, 3.63) is 36.5 Å². The number of allylic oxidation sites excluding steroid dienone is 6. The average molecular weight is 885 g/mol. The van der Waals surface area contributed by atoms with Gasteiger partial charge < -0.3 is 14.2 Å². The Hall–Kier alpha value is -2.37. The number of carbonyl (C=O) groups excluding carboxylic acids is 3. The SMILES string of the molecule is CCCCCCCC/C=C\CCCCCCCC(=O)OCC(COC(=O)CCCCCCC/C=C/CCCCCCCC)OC(=O)CCCCCCC/C=C\CCCCCCCC. The number of esters is 3. The van der Waals surface area contributed by atoms with Crippen LogP contribution in [0, 0.1) is 0 Å². The van der Waals surface area contributed by atoms with Crippen molar-refractivity contribution in [1.29, 1.82) is 0 Å². The van der Waals surface area contributed by atoms with E-state index in [-0.39, 0.29) is 31.1 Å². The molecule has 0 aliphatic carbocycles. The van der Waals surface area contributed by atoms with E-state index in [9.17, 15) is 14.4 Å². The molecule has 0 aromatic rings. The van der Waals surface area contributed by atoms with Gasteiger partial charge >= 0.3 is 17.9 Å². The van der Waals surface area contributed by atoms with Gasteiger partial charge in [-0.3, -0.25) is 14.4 Å². The number of ether oxygens (including phenoxy) is 3. The van der Waals surface area contributed by atoms with Crippen LogP contribution in [0.5, 0.6) is 0 Å². The van der Waals surface area contributed by atoms with E-state index < -0.39 is 6.10 Å². The van der Waals surface area contributed by atoms with Gasteiger partial charge in [-0.05, 0) is 96.3 Å². The summed E-state index contributed by atoms with van der Waals surface area (Å²) in [6.07, 6.45) is 61.2. The first-order chi connectivity index (χ1) is 31.0. The second kappa shape index (κ2) is 52.3. The first-order valence-corrected chi connectivity index (χ1v) is 27.5. The van der Waals surface area contributed by atoms with Crippen molar-refractivity contribution in [3.8, 4) is 0 Å². The Bertz CT molecular complexity index is 1010. The van der Waals surface area contributed by atoms with E-state index in [0.717, 1.165) is 77.0 Å². The van der Waals surface area contributed by atoms with Crippen LogP contribution in [0.1, 0.15) is 290 Å². The van der Waals surface area contributed by atoms with Gasteiger partial charge in [-0.2, -0.15) is 0 Å². The molecule has 0 heterocycles. The lowest BCUT2D eigenvalue weighted by molar-refractivity contribution is -0.167. The zero-order chi connectivity index (χ0) is 45.8. The van der Waals surface area contributed by atoms with Crippen molar-refractivity contribution < 1.29 is 28.6 Å². The Balaban J connectivity index is 4.39. The third-order valence-corrected chi connectivity index (χ3v) is 12.1. The van der Waals surface area contributed by atoms with Crippen LogP contribution in [-0.2, 0) is 28.6 Å². The monoisotopic (exact) mass is 885 g/mol. The summed E-state index contributed by atoms with van der Waals surface area (Å²) >= 11 is 0. The molecule has 6 nitrogen and oxygen atoms in total. The molecule has 1 unspecified atom stereocenters. The number of hydrogen-bond donors (Lipinski definition) is 0. The molecule has 0 aliphatic heterocycles. The lowest BCUT2D eigenvalue weighted by atomic mass is 10.1. The van der Waals surface area contributed by atoms with Crippen molar-refractivity contribution >= 4 is 17.9 Å². The fourth-order valence-corrected chi connectivity index (χ4v) is 7.90. The first kappa shape index (κ1) is 60.6. The maximum Gasteiger partial charge on any atom is 0.306 e. The molecule has 6 heteroatoms. The van der Waals surface area contributed by atoms with Gasteiger partial charge in [0, 0.05) is 19.3 Å². The minimum atomic E-state index is -0.781. The fourth-order valence-electron chi connectivity index (χ4n) is 7.90. The highest BCUT2D eigenvalue weighted by Gasteiger charge is 2.19. The molecule has 0 amide bonds. The van der Waals surface area contributed by atoms with Crippen molar-refractivity contribution in [2.24, 2.45) is 0 Å². The van der Waals surface area contributed by atoms with E-state index >= 15 is 0 Å². The number of hydrogen-bond acceptors (Lipinski definition) is 6. The Morgan fingerprint density at radius 2 is 0.524 bits per heavy atom. The van der Waals surface area contributed by atoms with Crippen molar-refractivity contribution in [3.63, 3.8) is 0 Å². The summed E-state index contributed by atoms with van der Waals surface area (Å²) in [5, 5.41) is 0. The summed E-state index contributed by atoms with van der Waals surface area (Å²) in [5.74, 6) is -0.893. The highest BCUT2D eigenvalue weighted by molar-refractivity contribution is 5.71. The minimum absolute atomic E-state index is 0.0806. The normalized spacial score (nSPS) is 12.2. The van der Waals surface area contributed by atoms with Gasteiger partial charge in [0.2, 0.25) is 0 Å². The predicted molar refractivity (Wildman–Crippen MR) is 270 cm³/mol. The summed E-state index contributed by atoms with van der Waals surface area (Å²) in [5.41, 5.74) is 0. The Kier molecular flexibility index (Phi) is 50.3. The molecule has 0 rings (SSSR count). The van der Waals surface area contributed by atoms with Crippen LogP contribution in [0.4, 0.5) is 0 Å². The Morgan fingerprint density at radius 3 is 0.794 bits per heavy atom. The van der Waals surface area contributed by atoms with Crippen LogP contribution in [0.15, 0.2) is 36.5 Å². The molecular weight excluding hydrogens is 781 g/mol. The topological polar surface area (TPSA) is 78.9 Å². The van der Waals surface area contributed by atoms with Crippen LogP contribution >= 0.6 is 0 Å². The van der Waals surface area contributed by atoms with Crippen LogP contribution in [0.2, 0.25) is 0 Å². The zero-order valence-corrected chi connectivity index (χ0v) is 42.1. The van der Waals surface area contributed by atoms with E-state index in [0.29, 0.717) is 19.3 Å². The molecule has 0 aromatic carbocycles. The molecule has 0 bridgehead atoms. The smallest absolute Gasteiger partial charge is 0.306 e. The maximum absolute atomic E-state index is 12.8. The van der Waals surface area contributed by atoms with Gasteiger partial charge in [-0.25, -0.2) is 0 Å². The summed E-state index contributed by atoms with van der Waals surface area (Å²) < 4.78 is 16.8. The fraction of sp³-hybridized carbons (Fsp3) is 0.842. The van der Waals surface area contributed by atoms with E-state index in [1.807, 2.05) is 0 Å². The number of rotatable bonds is 50. The molecule has 0 fully saturated rings. The van der Waals surface area contributed by atoms with Gasteiger partial charge in [0.05, 0.1) is 0 Å². The second-order valence-electron chi connectivity index (χ2n) is 18.5. The molecule has 0 saturated heterocycles. The van der Waals surface area contributed by atoms with Gasteiger partial charge in [0.1, 0.15) is 13.2 Å². The van der Waals surface area contributed by atoms with E-state index in [1.54, 1.807) is 0 Å². The summed E-state index contributed by atoms with van der Waals surface area (Å²) in [4.78, 5) is 38.0. The highest BCUT2D eigenvalue weighted by atomic mass is 16.6. The standard InChI is InChI=1S/C57H104O6/c1-4-7-10-13-16-19-22-25-28-31-34-37-40-43-46-49-55(58)61-52-54(63-57(60)51-48-45-42-39-36-33-30-27-24-21-18-15-12-9-6-3)53-62-56(59)50-47-44-41-38-35-32-29-26-23-20-17-14-11-8-5-2/h25-30,54H,4-24,31-53H2,1-3H3/b28-25-,29-26+,30-27-. The summed E-state index contributed by atoms with van der Waals surface area (Å²) in [6.45, 7) is 6.63. The largest absolute Gasteiger partial charge is 0.462 e. The molecule has 0 N–H and O–H groups in total. The van der Waals surface area contributed by atoms with Gasteiger partial charge in [0.15, 0.2) is 6.10 Å². The van der Waals surface area contributed by atoms with E-state index in [1.165, 1.54) is 173 Å². The van der Waals surface area contributed by atoms with Crippen LogP contribution in [0.3, 0.4) is 0 Å². The zero-order valence-electron chi connectivity index (χ0n) is 42.1. The Morgan fingerprint density at radius 1 is 0.302 bits per heavy atom. The first-order valence-electron chi connectivity index (χ1n) is 27.5. The lowest BCUT2D eigenvalue weighted by Gasteiger charge is -2.18. The molecule has 0 spiro atoms. The minimum Gasteiger partial charge on any atom is -0.462 e.